The van der Waals surface area contributed by atoms with Crippen molar-refractivity contribution in [2.24, 2.45) is 0 Å². The summed E-state index contributed by atoms with van der Waals surface area (Å²) in [6.07, 6.45) is -0.244. The molecule has 0 bridgehead atoms. The molecule has 1 fully saturated rings. The monoisotopic (exact) mass is 316 g/mol. The van der Waals surface area contributed by atoms with Crippen LogP contribution in [0.25, 0.3) is 0 Å². The lowest BCUT2D eigenvalue weighted by Crippen LogP contribution is -2.38. The molecule has 23 heavy (non-hydrogen) atoms. The zero-order valence-electron chi connectivity index (χ0n) is 12.0. The van der Waals surface area contributed by atoms with E-state index in [2.05, 4.69) is 0 Å². The molecular formula is C17H13FO5. The molecule has 0 unspecified atom stereocenters. The van der Waals surface area contributed by atoms with Crippen molar-refractivity contribution >= 4 is 11.8 Å². The Labute approximate surface area is 131 Å². The molecule has 1 saturated heterocycles. The second-order valence-corrected chi connectivity index (χ2v) is 5.10. The number of carboxylic acid groups (broad SMARTS) is 1. The molecule has 2 aromatic rings. The van der Waals surface area contributed by atoms with E-state index in [0.717, 1.165) is 0 Å². The van der Waals surface area contributed by atoms with Gasteiger partial charge in [-0.3, -0.25) is 4.79 Å². The summed E-state index contributed by atoms with van der Waals surface area (Å²) in [6, 6.07) is 9.59. The van der Waals surface area contributed by atoms with Crippen molar-refractivity contribution in [1.29, 1.82) is 0 Å². The van der Waals surface area contributed by atoms with Gasteiger partial charge in [-0.25, -0.2) is 9.18 Å². The number of benzene rings is 2. The van der Waals surface area contributed by atoms with Crippen LogP contribution in [0, 0.1) is 5.82 Å². The average Bonchev–Trinajstić information content (AvgIpc) is 2.50. The maximum absolute atomic E-state index is 13.7. The fraction of sp³-hybridized carbons (Fsp3) is 0.176. The zero-order chi connectivity index (χ0) is 16.4. The van der Waals surface area contributed by atoms with Gasteiger partial charge in [-0.2, -0.15) is 0 Å². The second kappa shape index (κ2) is 6.18. The van der Waals surface area contributed by atoms with Crippen molar-refractivity contribution in [1.82, 2.24) is 0 Å². The van der Waals surface area contributed by atoms with E-state index < -0.39 is 17.6 Å². The molecule has 0 aromatic heterocycles. The van der Waals surface area contributed by atoms with Crippen molar-refractivity contribution in [3.05, 3.63) is 65.0 Å². The van der Waals surface area contributed by atoms with Gasteiger partial charge in [0.1, 0.15) is 23.2 Å². The van der Waals surface area contributed by atoms with Gasteiger partial charge in [0.2, 0.25) is 0 Å². The third-order valence-corrected chi connectivity index (χ3v) is 3.49. The highest BCUT2D eigenvalue weighted by atomic mass is 19.1. The van der Waals surface area contributed by atoms with Crippen molar-refractivity contribution in [2.45, 2.75) is 6.10 Å². The minimum atomic E-state index is -1.16. The molecule has 1 aliphatic heterocycles. The maximum atomic E-state index is 13.7. The first-order chi connectivity index (χ1) is 11.1. The van der Waals surface area contributed by atoms with Crippen LogP contribution in [-0.4, -0.2) is 36.2 Å². The molecule has 0 aliphatic carbocycles. The highest BCUT2D eigenvalue weighted by molar-refractivity contribution is 6.10. The maximum Gasteiger partial charge on any atom is 0.339 e. The SMILES string of the molecule is O=C(c1ccc(C(=O)O)c(OC2COC2)c1)c1ccccc1F. The molecule has 1 aliphatic rings. The number of carboxylic acids is 1. The van der Waals surface area contributed by atoms with Crippen LogP contribution in [-0.2, 0) is 4.74 Å². The Morgan fingerprint density at radius 3 is 2.48 bits per heavy atom. The van der Waals surface area contributed by atoms with E-state index in [1.54, 1.807) is 6.07 Å². The Morgan fingerprint density at radius 1 is 1.13 bits per heavy atom. The molecule has 1 heterocycles. The number of carbonyl (C=O) groups is 2. The molecule has 6 heteroatoms. The van der Waals surface area contributed by atoms with Gasteiger partial charge in [0.15, 0.2) is 5.78 Å². The first-order valence-corrected chi connectivity index (χ1v) is 6.97. The standard InChI is InChI=1S/C17H13FO5/c18-14-4-2-1-3-12(14)16(19)10-5-6-13(17(20)21)15(7-10)23-11-8-22-9-11/h1-7,11H,8-9H2,(H,20,21). The first-order valence-electron chi connectivity index (χ1n) is 6.97. The van der Waals surface area contributed by atoms with E-state index in [1.807, 2.05) is 0 Å². The third-order valence-electron chi connectivity index (χ3n) is 3.49. The summed E-state index contributed by atoms with van der Waals surface area (Å²) in [5.41, 5.74) is 0.0332. The molecule has 0 atom stereocenters. The number of carbonyl (C=O) groups excluding carboxylic acids is 1. The minimum Gasteiger partial charge on any atom is -0.485 e. The Kier molecular flexibility index (Phi) is 4.08. The van der Waals surface area contributed by atoms with Gasteiger partial charge in [0.25, 0.3) is 0 Å². The molecule has 0 saturated carbocycles. The Bertz CT molecular complexity index is 767. The second-order valence-electron chi connectivity index (χ2n) is 5.10. The third kappa shape index (κ3) is 3.07. The molecule has 0 amide bonds. The van der Waals surface area contributed by atoms with Gasteiger partial charge < -0.3 is 14.6 Å². The largest absolute Gasteiger partial charge is 0.485 e. The van der Waals surface area contributed by atoms with Gasteiger partial charge >= 0.3 is 5.97 Å². The van der Waals surface area contributed by atoms with E-state index in [1.165, 1.54) is 36.4 Å². The number of hydrogen-bond acceptors (Lipinski definition) is 4. The minimum absolute atomic E-state index is 0.0537. The first kappa shape index (κ1) is 15.2. The fourth-order valence-corrected chi connectivity index (χ4v) is 2.20. The van der Waals surface area contributed by atoms with Gasteiger partial charge in [-0.05, 0) is 30.3 Å². The fourth-order valence-electron chi connectivity index (χ4n) is 2.20. The lowest BCUT2D eigenvalue weighted by Gasteiger charge is -2.27. The number of aromatic carboxylic acids is 1. The summed E-state index contributed by atoms with van der Waals surface area (Å²) in [4.78, 5) is 23.7. The lowest BCUT2D eigenvalue weighted by molar-refractivity contribution is -0.0799. The van der Waals surface area contributed by atoms with Crippen LogP contribution in [0.4, 0.5) is 4.39 Å². The molecule has 1 N–H and O–H groups in total. The number of ether oxygens (including phenoxy) is 2. The lowest BCUT2D eigenvalue weighted by atomic mass is 10.0. The van der Waals surface area contributed by atoms with Crippen LogP contribution in [0.5, 0.6) is 5.75 Å². The molecular weight excluding hydrogens is 303 g/mol. The molecule has 3 rings (SSSR count). The predicted octanol–water partition coefficient (Wildman–Crippen LogP) is 2.53. The molecule has 0 radical (unpaired) electrons. The quantitative estimate of drug-likeness (QED) is 0.858. The highest BCUT2D eigenvalue weighted by Crippen LogP contribution is 2.25. The summed E-state index contributed by atoms with van der Waals surface area (Å²) in [6.45, 7) is 0.731. The van der Waals surface area contributed by atoms with Crippen LogP contribution in [0.1, 0.15) is 26.3 Å². The molecule has 2 aromatic carbocycles. The Balaban J connectivity index is 1.96. The highest BCUT2D eigenvalue weighted by Gasteiger charge is 2.24. The predicted molar refractivity (Wildman–Crippen MR) is 78.5 cm³/mol. The summed E-state index contributed by atoms with van der Waals surface area (Å²) in [5, 5.41) is 9.20. The number of hydrogen-bond donors (Lipinski definition) is 1. The van der Waals surface area contributed by atoms with Gasteiger partial charge in [-0.15, -0.1) is 0 Å². The van der Waals surface area contributed by atoms with Crippen LogP contribution >= 0.6 is 0 Å². The summed E-state index contributed by atoms with van der Waals surface area (Å²) in [5.74, 6) is -2.25. The van der Waals surface area contributed by atoms with Crippen molar-refractivity contribution in [2.75, 3.05) is 13.2 Å². The molecule has 5 nitrogen and oxygen atoms in total. The summed E-state index contributed by atoms with van der Waals surface area (Å²) in [7, 11) is 0. The van der Waals surface area contributed by atoms with Gasteiger partial charge in [-0.1, -0.05) is 12.1 Å². The van der Waals surface area contributed by atoms with E-state index in [-0.39, 0.29) is 28.5 Å². The molecule has 118 valence electrons. The van der Waals surface area contributed by atoms with Crippen molar-refractivity contribution < 1.29 is 28.6 Å². The Hall–Kier alpha value is -2.73. The van der Waals surface area contributed by atoms with Crippen LogP contribution in [0.15, 0.2) is 42.5 Å². The van der Waals surface area contributed by atoms with Crippen molar-refractivity contribution in [3.8, 4) is 5.75 Å². The van der Waals surface area contributed by atoms with Crippen LogP contribution < -0.4 is 4.74 Å². The zero-order valence-corrected chi connectivity index (χ0v) is 12.0. The topological polar surface area (TPSA) is 72.8 Å². The van der Waals surface area contributed by atoms with Crippen LogP contribution in [0.3, 0.4) is 0 Å². The molecule has 0 spiro atoms. The Morgan fingerprint density at radius 2 is 1.87 bits per heavy atom. The number of rotatable bonds is 5. The van der Waals surface area contributed by atoms with E-state index >= 15 is 0 Å². The van der Waals surface area contributed by atoms with E-state index in [0.29, 0.717) is 13.2 Å². The number of ketones is 1. The normalized spacial score (nSPS) is 14.1. The van der Waals surface area contributed by atoms with E-state index in [4.69, 9.17) is 9.47 Å². The summed E-state index contributed by atoms with van der Waals surface area (Å²) >= 11 is 0. The van der Waals surface area contributed by atoms with Crippen molar-refractivity contribution in [3.63, 3.8) is 0 Å². The van der Waals surface area contributed by atoms with Gasteiger partial charge in [0.05, 0.1) is 18.8 Å². The van der Waals surface area contributed by atoms with Gasteiger partial charge in [0, 0.05) is 5.56 Å². The number of halogens is 1. The summed E-state index contributed by atoms with van der Waals surface area (Å²) < 4.78 is 24.3. The van der Waals surface area contributed by atoms with Crippen LogP contribution in [0.2, 0.25) is 0 Å². The smallest absolute Gasteiger partial charge is 0.339 e. The van der Waals surface area contributed by atoms with E-state index in [9.17, 15) is 19.1 Å². The average molecular weight is 316 g/mol.